The van der Waals surface area contributed by atoms with Crippen molar-refractivity contribution >= 4 is 23.2 Å². The summed E-state index contributed by atoms with van der Waals surface area (Å²) in [7, 11) is 0. The first-order valence-electron chi connectivity index (χ1n) is 5.67. The number of nitrogens with two attached hydrogens (primary N) is 1. The maximum Gasteiger partial charge on any atom is 0.253 e. The molecule has 1 aliphatic rings. The van der Waals surface area contributed by atoms with Crippen molar-refractivity contribution in [2.75, 3.05) is 5.73 Å². The van der Waals surface area contributed by atoms with E-state index in [0.29, 0.717) is 16.3 Å². The zero-order chi connectivity index (χ0) is 12.3. The van der Waals surface area contributed by atoms with Crippen molar-refractivity contribution in [1.29, 1.82) is 0 Å². The highest BCUT2D eigenvalue weighted by molar-refractivity contribution is 6.34. The van der Waals surface area contributed by atoms with Crippen LogP contribution in [-0.2, 0) is 0 Å². The maximum atomic E-state index is 12.0. The SMILES string of the molecule is Nc1ccc(C(=O)NC2CC=CCC2)c(Cl)c1. The second kappa shape index (κ2) is 5.23. The molecule has 3 N–H and O–H groups in total. The predicted molar refractivity (Wildman–Crippen MR) is 70.1 cm³/mol. The monoisotopic (exact) mass is 250 g/mol. The fraction of sp³-hybridized carbons (Fsp3) is 0.308. The van der Waals surface area contributed by atoms with Gasteiger partial charge in [-0.25, -0.2) is 0 Å². The topological polar surface area (TPSA) is 55.1 Å². The molecule has 0 saturated carbocycles. The molecule has 0 saturated heterocycles. The fourth-order valence-corrected chi connectivity index (χ4v) is 2.18. The Morgan fingerprint density at radius 3 is 2.88 bits per heavy atom. The van der Waals surface area contributed by atoms with Crippen LogP contribution in [-0.4, -0.2) is 11.9 Å². The Kier molecular flexibility index (Phi) is 3.69. The third-order valence-corrected chi connectivity index (χ3v) is 3.15. The first-order chi connectivity index (χ1) is 8.16. The smallest absolute Gasteiger partial charge is 0.253 e. The van der Waals surface area contributed by atoms with Gasteiger partial charge >= 0.3 is 0 Å². The third kappa shape index (κ3) is 3.01. The molecule has 1 amide bonds. The Labute approximate surface area is 106 Å². The maximum absolute atomic E-state index is 12.0. The lowest BCUT2D eigenvalue weighted by Crippen LogP contribution is -2.35. The summed E-state index contributed by atoms with van der Waals surface area (Å²) in [6.07, 6.45) is 7.12. The fourth-order valence-electron chi connectivity index (χ4n) is 1.90. The van der Waals surface area contributed by atoms with Crippen molar-refractivity contribution < 1.29 is 4.79 Å². The van der Waals surface area contributed by atoms with E-state index >= 15 is 0 Å². The van der Waals surface area contributed by atoms with Gasteiger partial charge in [0.25, 0.3) is 5.91 Å². The van der Waals surface area contributed by atoms with Crippen LogP contribution in [0.1, 0.15) is 29.6 Å². The van der Waals surface area contributed by atoms with E-state index in [-0.39, 0.29) is 11.9 Å². The Balaban J connectivity index is 2.06. The lowest BCUT2D eigenvalue weighted by Gasteiger charge is -2.19. The highest BCUT2D eigenvalue weighted by Crippen LogP contribution is 2.20. The normalized spacial score (nSPS) is 19.0. The summed E-state index contributed by atoms with van der Waals surface area (Å²) >= 11 is 5.99. The van der Waals surface area contributed by atoms with Crippen LogP contribution in [0.3, 0.4) is 0 Å². The molecule has 90 valence electrons. The molecule has 0 fully saturated rings. The van der Waals surface area contributed by atoms with Gasteiger partial charge in [0.2, 0.25) is 0 Å². The number of hydrogen-bond acceptors (Lipinski definition) is 2. The lowest BCUT2D eigenvalue weighted by atomic mass is 10.0. The highest BCUT2D eigenvalue weighted by atomic mass is 35.5. The van der Waals surface area contributed by atoms with Crippen LogP contribution in [0, 0.1) is 0 Å². The van der Waals surface area contributed by atoms with Gasteiger partial charge in [-0.1, -0.05) is 23.8 Å². The minimum Gasteiger partial charge on any atom is -0.399 e. The van der Waals surface area contributed by atoms with Crippen LogP contribution in [0.15, 0.2) is 30.4 Å². The number of halogens is 1. The van der Waals surface area contributed by atoms with Crippen molar-refractivity contribution in [2.45, 2.75) is 25.3 Å². The second-order valence-corrected chi connectivity index (χ2v) is 4.60. The zero-order valence-electron chi connectivity index (χ0n) is 9.45. The Morgan fingerprint density at radius 2 is 2.24 bits per heavy atom. The van der Waals surface area contributed by atoms with Crippen LogP contribution in [0.2, 0.25) is 5.02 Å². The zero-order valence-corrected chi connectivity index (χ0v) is 10.2. The van der Waals surface area contributed by atoms with Crippen LogP contribution < -0.4 is 11.1 Å². The molecule has 1 unspecified atom stereocenters. The van der Waals surface area contributed by atoms with Crippen LogP contribution in [0.5, 0.6) is 0 Å². The Bertz CT molecular complexity index is 457. The molecule has 0 bridgehead atoms. The highest BCUT2D eigenvalue weighted by Gasteiger charge is 2.16. The molecule has 0 spiro atoms. The molecule has 3 nitrogen and oxygen atoms in total. The molecule has 0 aliphatic heterocycles. The number of carbonyl (C=O) groups is 1. The molecule has 1 aliphatic carbocycles. The first kappa shape index (κ1) is 12.0. The molecule has 1 atom stereocenters. The van der Waals surface area contributed by atoms with Crippen molar-refractivity contribution in [2.24, 2.45) is 0 Å². The second-order valence-electron chi connectivity index (χ2n) is 4.19. The van der Waals surface area contributed by atoms with E-state index in [1.165, 1.54) is 0 Å². The van der Waals surface area contributed by atoms with Crippen molar-refractivity contribution in [3.8, 4) is 0 Å². The van der Waals surface area contributed by atoms with Crippen LogP contribution in [0.4, 0.5) is 5.69 Å². The molecule has 0 radical (unpaired) electrons. The standard InChI is InChI=1S/C13H15ClN2O/c14-12-8-9(15)6-7-11(12)13(17)16-10-4-2-1-3-5-10/h1-2,6-8,10H,3-5,15H2,(H,16,17). The number of allylic oxidation sites excluding steroid dienone is 1. The van der Waals surface area contributed by atoms with Crippen LogP contribution in [0.25, 0.3) is 0 Å². The van der Waals surface area contributed by atoms with E-state index in [1.54, 1.807) is 18.2 Å². The summed E-state index contributed by atoms with van der Waals surface area (Å²) in [6, 6.07) is 5.14. The number of hydrogen-bond donors (Lipinski definition) is 2. The minimum atomic E-state index is -0.129. The molecule has 0 heterocycles. The number of anilines is 1. The predicted octanol–water partition coefficient (Wildman–Crippen LogP) is 2.76. The quantitative estimate of drug-likeness (QED) is 0.626. The molecule has 1 aromatic carbocycles. The largest absolute Gasteiger partial charge is 0.399 e. The first-order valence-corrected chi connectivity index (χ1v) is 6.05. The van der Waals surface area contributed by atoms with Gasteiger partial charge in [0.05, 0.1) is 10.6 Å². The number of nitrogens with one attached hydrogen (secondary N) is 1. The van der Waals surface area contributed by atoms with Crippen molar-refractivity contribution in [1.82, 2.24) is 5.32 Å². The van der Waals surface area contributed by atoms with Gasteiger partial charge < -0.3 is 11.1 Å². The molecular formula is C13H15ClN2O. The minimum absolute atomic E-state index is 0.129. The third-order valence-electron chi connectivity index (χ3n) is 2.84. The molecule has 4 heteroatoms. The van der Waals surface area contributed by atoms with Gasteiger partial charge in [-0.15, -0.1) is 0 Å². The van der Waals surface area contributed by atoms with E-state index in [1.807, 2.05) is 0 Å². The number of benzene rings is 1. The molecule has 1 aromatic rings. The number of amides is 1. The molecule has 2 rings (SSSR count). The number of rotatable bonds is 2. The number of nitrogen functional groups attached to an aromatic ring is 1. The van der Waals surface area contributed by atoms with Crippen LogP contribution >= 0.6 is 11.6 Å². The Morgan fingerprint density at radius 1 is 1.41 bits per heavy atom. The van der Waals surface area contributed by atoms with Gasteiger partial charge in [0.1, 0.15) is 0 Å². The molecule has 17 heavy (non-hydrogen) atoms. The summed E-state index contributed by atoms with van der Waals surface area (Å²) in [5.41, 5.74) is 6.63. The van der Waals surface area contributed by atoms with Gasteiger partial charge in [0, 0.05) is 11.7 Å². The average molecular weight is 251 g/mol. The summed E-state index contributed by atoms with van der Waals surface area (Å²) < 4.78 is 0. The van der Waals surface area contributed by atoms with E-state index in [2.05, 4.69) is 17.5 Å². The summed E-state index contributed by atoms with van der Waals surface area (Å²) in [5, 5.41) is 3.38. The van der Waals surface area contributed by atoms with E-state index in [9.17, 15) is 4.79 Å². The molecule has 0 aromatic heterocycles. The van der Waals surface area contributed by atoms with Crippen molar-refractivity contribution in [3.63, 3.8) is 0 Å². The van der Waals surface area contributed by atoms with Gasteiger partial charge in [0.15, 0.2) is 0 Å². The van der Waals surface area contributed by atoms with Gasteiger partial charge in [-0.2, -0.15) is 0 Å². The summed E-state index contributed by atoms with van der Waals surface area (Å²) in [5.74, 6) is -0.129. The summed E-state index contributed by atoms with van der Waals surface area (Å²) in [4.78, 5) is 12.0. The van der Waals surface area contributed by atoms with Gasteiger partial charge in [-0.05, 0) is 37.5 Å². The van der Waals surface area contributed by atoms with E-state index < -0.39 is 0 Å². The van der Waals surface area contributed by atoms with E-state index in [0.717, 1.165) is 19.3 Å². The van der Waals surface area contributed by atoms with Gasteiger partial charge in [-0.3, -0.25) is 4.79 Å². The van der Waals surface area contributed by atoms with E-state index in [4.69, 9.17) is 17.3 Å². The average Bonchev–Trinajstić information content (AvgIpc) is 2.30. The Hall–Kier alpha value is -1.48. The van der Waals surface area contributed by atoms with Crippen molar-refractivity contribution in [3.05, 3.63) is 40.9 Å². The summed E-state index contributed by atoms with van der Waals surface area (Å²) in [6.45, 7) is 0. The molecular weight excluding hydrogens is 236 g/mol. The number of carbonyl (C=O) groups excluding carboxylic acids is 1. The lowest BCUT2D eigenvalue weighted by molar-refractivity contribution is 0.0935.